The van der Waals surface area contributed by atoms with Crippen molar-refractivity contribution in [2.75, 3.05) is 19.8 Å². The van der Waals surface area contributed by atoms with Gasteiger partial charge in [-0.05, 0) is 19.3 Å². The molecule has 3 N–H and O–H groups in total. The van der Waals surface area contributed by atoms with Gasteiger partial charge in [-0.3, -0.25) is 19.2 Å². The summed E-state index contributed by atoms with van der Waals surface area (Å²) in [6.07, 6.45) is 1.66. The molecule has 0 saturated heterocycles. The van der Waals surface area contributed by atoms with E-state index in [0.29, 0.717) is 19.3 Å². The molecular weight excluding hydrogens is 608 g/mol. The highest BCUT2D eigenvalue weighted by Crippen LogP contribution is 2.20. The van der Waals surface area contributed by atoms with Gasteiger partial charge in [0, 0.05) is 13.3 Å². The number of carbonyl (C=O) groups is 7. The van der Waals surface area contributed by atoms with Crippen LogP contribution in [-0.4, -0.2) is 88.4 Å². The Bertz CT molecular complexity index is 817. The molecule has 0 heterocycles. The minimum atomic E-state index is -2.49. The summed E-state index contributed by atoms with van der Waals surface area (Å²) in [5, 5.41) is 28.4. The van der Waals surface area contributed by atoms with E-state index in [1.807, 2.05) is 62.3 Å². The maximum absolute atomic E-state index is 12.2. The highest BCUT2D eigenvalue weighted by atomic mass is 16.6. The molecule has 0 spiro atoms. The topological polar surface area (TPSA) is 217 Å². The third-order valence-corrected chi connectivity index (χ3v) is 4.99. The number of carboxylic acids is 1. The van der Waals surface area contributed by atoms with Gasteiger partial charge >= 0.3 is 35.8 Å². The second kappa shape index (κ2) is 34.5. The predicted octanol–water partition coefficient (Wildman–Crippen LogP) is 4.48. The number of rotatable bonds is 19. The van der Waals surface area contributed by atoms with Crippen LogP contribution in [0.1, 0.15) is 133 Å². The minimum Gasteiger partial charge on any atom is -0.481 e. The maximum atomic E-state index is 12.2. The lowest BCUT2D eigenvalue weighted by molar-refractivity contribution is -0.178. The van der Waals surface area contributed by atoms with Gasteiger partial charge in [0.2, 0.25) is 0 Å². The zero-order chi connectivity index (χ0) is 37.2. The lowest BCUT2D eigenvalue weighted by Gasteiger charge is -2.24. The number of ether oxygens (including phenoxy) is 4. The summed E-state index contributed by atoms with van der Waals surface area (Å²) >= 11 is 0. The lowest BCUT2D eigenvalue weighted by Crippen LogP contribution is -2.45. The third-order valence-electron chi connectivity index (χ3n) is 4.99. The first kappa shape index (κ1) is 52.2. The van der Waals surface area contributed by atoms with E-state index in [0.717, 1.165) is 26.2 Å². The van der Waals surface area contributed by atoms with Gasteiger partial charge in [-0.1, -0.05) is 81.6 Å². The summed E-state index contributed by atoms with van der Waals surface area (Å²) in [5.74, 6) is -6.41. The first-order valence-electron chi connectivity index (χ1n) is 16.0. The van der Waals surface area contributed by atoms with Crippen molar-refractivity contribution < 1.29 is 67.8 Å². The molecule has 272 valence electrons. The summed E-state index contributed by atoms with van der Waals surface area (Å²) in [7, 11) is 0. The van der Waals surface area contributed by atoms with Gasteiger partial charge in [-0.15, -0.1) is 0 Å². The lowest BCUT2D eigenvalue weighted by atomic mass is 9.95. The van der Waals surface area contributed by atoms with Gasteiger partial charge < -0.3 is 39.1 Å². The molecule has 0 rings (SSSR count). The van der Waals surface area contributed by atoms with Crippen LogP contribution in [0, 0.1) is 0 Å². The average Bonchev–Trinajstić information content (AvgIpc) is 3.00. The zero-order valence-corrected chi connectivity index (χ0v) is 29.6. The standard InChI is InChI=1S/C18H32O7.C8H10O7.3C2H6/c1-4-7-10-23-15(19)13-18(22,17(21)25-12-9-6-3)14-16(20)24-11-8-5-2;1-5(10)15-7(13)8(14,2-3-9)4-6(11)12;3*1-2/h22H,4-14H2,1-3H3;3,14H,2,4H2,1H3,(H,11,12);3*1-2H3. The van der Waals surface area contributed by atoms with Gasteiger partial charge in [-0.2, -0.15) is 0 Å². The van der Waals surface area contributed by atoms with Crippen molar-refractivity contribution in [1.29, 1.82) is 0 Å². The van der Waals surface area contributed by atoms with Crippen molar-refractivity contribution in [3.63, 3.8) is 0 Å². The monoisotopic (exact) mass is 668 g/mol. The fourth-order valence-electron chi connectivity index (χ4n) is 2.73. The molecule has 0 saturated carbocycles. The Labute approximate surface area is 274 Å². The van der Waals surface area contributed by atoms with Crippen LogP contribution in [0.5, 0.6) is 0 Å². The first-order chi connectivity index (χ1) is 21.7. The highest BCUT2D eigenvalue weighted by Gasteiger charge is 2.43. The SMILES string of the molecule is CC.CC.CC.CC(=O)OC(=O)C(O)(CC=O)CC(=O)O.CCCCOC(=O)CC(O)(CC(=O)OCCCC)C(=O)OCCCC. The van der Waals surface area contributed by atoms with Crippen LogP contribution in [0.4, 0.5) is 0 Å². The minimum absolute atomic E-state index is 0.118. The third kappa shape index (κ3) is 29.3. The summed E-state index contributed by atoms with van der Waals surface area (Å²) in [4.78, 5) is 77.9. The van der Waals surface area contributed by atoms with E-state index >= 15 is 0 Å². The zero-order valence-electron chi connectivity index (χ0n) is 29.6. The second-order valence-electron chi connectivity index (χ2n) is 8.88. The van der Waals surface area contributed by atoms with Gasteiger partial charge in [0.1, 0.15) is 6.29 Å². The molecular formula is C32H60O14. The largest absolute Gasteiger partial charge is 0.481 e. The van der Waals surface area contributed by atoms with Crippen LogP contribution in [0.15, 0.2) is 0 Å². The average molecular weight is 669 g/mol. The van der Waals surface area contributed by atoms with Gasteiger partial charge in [0.15, 0.2) is 11.2 Å². The highest BCUT2D eigenvalue weighted by molar-refractivity contribution is 5.93. The predicted molar refractivity (Wildman–Crippen MR) is 170 cm³/mol. The Morgan fingerprint density at radius 3 is 1.28 bits per heavy atom. The van der Waals surface area contributed by atoms with Crippen LogP contribution in [-0.2, 0) is 52.5 Å². The fraction of sp³-hybridized carbons (Fsp3) is 0.781. The number of aliphatic hydroxyl groups is 2. The van der Waals surface area contributed by atoms with E-state index < -0.39 is 72.7 Å². The molecule has 0 aliphatic rings. The van der Waals surface area contributed by atoms with E-state index in [1.54, 1.807) is 0 Å². The molecule has 0 bridgehead atoms. The molecule has 14 heteroatoms. The number of unbranched alkanes of at least 4 members (excludes halogenated alkanes) is 3. The number of carbonyl (C=O) groups excluding carboxylic acids is 6. The second-order valence-corrected chi connectivity index (χ2v) is 8.88. The number of hydrogen-bond acceptors (Lipinski definition) is 13. The smallest absolute Gasteiger partial charge is 0.346 e. The number of carboxylic acid groups (broad SMARTS) is 1. The molecule has 0 amide bonds. The Morgan fingerprint density at radius 1 is 0.609 bits per heavy atom. The Morgan fingerprint density at radius 2 is 0.978 bits per heavy atom. The number of aldehydes is 1. The molecule has 14 nitrogen and oxygen atoms in total. The molecule has 1 unspecified atom stereocenters. The van der Waals surface area contributed by atoms with E-state index in [4.69, 9.17) is 19.3 Å². The molecule has 0 aromatic carbocycles. The van der Waals surface area contributed by atoms with Crippen LogP contribution in [0.25, 0.3) is 0 Å². The molecule has 0 aromatic heterocycles. The fourth-order valence-corrected chi connectivity index (χ4v) is 2.73. The van der Waals surface area contributed by atoms with E-state index in [9.17, 15) is 43.8 Å². The van der Waals surface area contributed by atoms with Crippen LogP contribution in [0.3, 0.4) is 0 Å². The molecule has 0 fully saturated rings. The van der Waals surface area contributed by atoms with Crippen molar-refractivity contribution in [2.45, 2.75) is 145 Å². The summed E-state index contributed by atoms with van der Waals surface area (Å²) in [6.45, 7) is 19.3. The van der Waals surface area contributed by atoms with Crippen molar-refractivity contribution in [3.8, 4) is 0 Å². The van der Waals surface area contributed by atoms with Crippen molar-refractivity contribution in [1.82, 2.24) is 0 Å². The molecule has 46 heavy (non-hydrogen) atoms. The summed E-state index contributed by atoms with van der Waals surface area (Å²) in [5.41, 5.74) is -4.75. The van der Waals surface area contributed by atoms with Crippen molar-refractivity contribution >= 4 is 42.1 Å². The van der Waals surface area contributed by atoms with Gasteiger partial charge in [-0.25, -0.2) is 9.59 Å². The Hall–Kier alpha value is -3.39. The van der Waals surface area contributed by atoms with Gasteiger partial charge in [0.25, 0.3) is 0 Å². The summed E-state index contributed by atoms with van der Waals surface area (Å²) < 4.78 is 19.0. The van der Waals surface area contributed by atoms with Crippen LogP contribution < -0.4 is 0 Å². The Balaban J connectivity index is -0.000000227. The molecule has 0 aliphatic carbocycles. The molecule has 1 atom stereocenters. The normalized spacial score (nSPS) is 10.9. The Kier molecular flexibility index (Phi) is 39.1. The number of hydrogen-bond donors (Lipinski definition) is 3. The molecule has 0 radical (unpaired) electrons. The maximum Gasteiger partial charge on any atom is 0.346 e. The van der Waals surface area contributed by atoms with E-state index in [-0.39, 0.29) is 26.1 Å². The quantitative estimate of drug-likeness (QED) is 0.0569. The van der Waals surface area contributed by atoms with E-state index in [2.05, 4.69) is 4.74 Å². The van der Waals surface area contributed by atoms with E-state index in [1.165, 1.54) is 0 Å². The molecule has 0 aromatic rings. The van der Waals surface area contributed by atoms with Gasteiger partial charge in [0.05, 0.1) is 39.1 Å². The molecule has 0 aliphatic heterocycles. The first-order valence-corrected chi connectivity index (χ1v) is 16.0. The van der Waals surface area contributed by atoms with Crippen molar-refractivity contribution in [2.24, 2.45) is 0 Å². The number of esters is 5. The number of aliphatic carboxylic acids is 1. The summed E-state index contributed by atoms with van der Waals surface area (Å²) in [6, 6.07) is 0. The van der Waals surface area contributed by atoms with Crippen LogP contribution >= 0.6 is 0 Å². The van der Waals surface area contributed by atoms with Crippen LogP contribution in [0.2, 0.25) is 0 Å². The van der Waals surface area contributed by atoms with Crippen molar-refractivity contribution in [3.05, 3.63) is 0 Å².